The fourth-order valence-electron chi connectivity index (χ4n) is 4.62. The van der Waals surface area contributed by atoms with E-state index in [4.69, 9.17) is 16.7 Å². The number of rotatable bonds is 5. The Balaban J connectivity index is 1.43. The van der Waals surface area contributed by atoms with E-state index in [1.807, 2.05) is 0 Å². The number of nitrogens with zero attached hydrogens (tertiary/aromatic N) is 5. The second-order valence-electron chi connectivity index (χ2n) is 9.49. The predicted octanol–water partition coefficient (Wildman–Crippen LogP) is 5.06. The summed E-state index contributed by atoms with van der Waals surface area (Å²) in [6.07, 6.45) is 4.12. The summed E-state index contributed by atoms with van der Waals surface area (Å²) < 4.78 is 31.4. The summed E-state index contributed by atoms with van der Waals surface area (Å²) in [5.74, 6) is -5.22. The summed E-state index contributed by atoms with van der Waals surface area (Å²) in [6.45, 7) is 0. The molecule has 5 rings (SSSR count). The molecule has 2 bridgehead atoms. The highest BCUT2D eigenvalue weighted by molar-refractivity contribution is 6.30. The van der Waals surface area contributed by atoms with E-state index in [2.05, 4.69) is 36.1 Å². The summed E-state index contributed by atoms with van der Waals surface area (Å²) in [5, 5.41) is 25.5. The van der Waals surface area contributed by atoms with E-state index < -0.39 is 36.2 Å². The normalized spacial score (nSPS) is 16.7. The zero-order chi connectivity index (χ0) is 29.9. The van der Waals surface area contributed by atoms with Gasteiger partial charge in [0.25, 0.3) is 0 Å². The Kier molecular flexibility index (Phi) is 8.06. The molecule has 1 aliphatic rings. The standard InChI is InChI=1S/C27H23ClF2N8O4/c28-16-5-8-22(38-14-32-36-37-38)15(11-16)4-9-23(39)34-20-3-1-2-10-27(29,30)24(40)19-12-17(33-26(41)42)6-7-18(19)21-13-31-25(20)35-21/h4-9,11-14,20,33H,1-3,10H2,(H,31,35)(H,34,39)(H,41,42)/b9-4+. The van der Waals surface area contributed by atoms with Crippen molar-refractivity contribution < 1.29 is 28.3 Å². The van der Waals surface area contributed by atoms with Crippen LogP contribution in [0.15, 0.2) is 55.0 Å². The number of ketones is 1. The van der Waals surface area contributed by atoms with Gasteiger partial charge in [0, 0.05) is 46.1 Å². The number of aromatic amines is 1. The number of anilines is 1. The van der Waals surface area contributed by atoms with Gasteiger partial charge in [-0.1, -0.05) is 18.0 Å². The highest BCUT2D eigenvalue weighted by atomic mass is 35.5. The summed E-state index contributed by atoms with van der Waals surface area (Å²) in [7, 11) is 0. The Hall–Kier alpha value is -4.98. The zero-order valence-electron chi connectivity index (χ0n) is 21.7. The Morgan fingerprint density at radius 1 is 1.17 bits per heavy atom. The number of nitrogens with one attached hydrogen (secondary N) is 3. The molecule has 2 aromatic carbocycles. The van der Waals surface area contributed by atoms with Crippen LogP contribution in [0.1, 0.15) is 53.5 Å². The third kappa shape index (κ3) is 6.33. The lowest BCUT2D eigenvalue weighted by molar-refractivity contribution is -0.117. The summed E-state index contributed by atoms with van der Waals surface area (Å²) in [4.78, 5) is 44.4. The summed E-state index contributed by atoms with van der Waals surface area (Å²) >= 11 is 6.15. The number of halogens is 3. The van der Waals surface area contributed by atoms with Crippen LogP contribution in [0.4, 0.5) is 19.3 Å². The SMILES string of the molecule is O=C(O)Nc1ccc2c(c1)C(=O)C(F)(F)CCCCC(NC(=O)/C=C/c1cc(Cl)ccc1-n1cnnn1)c1nc-2c[nH]1. The van der Waals surface area contributed by atoms with Crippen molar-refractivity contribution in [2.75, 3.05) is 5.32 Å². The monoisotopic (exact) mass is 596 g/mol. The Labute approximate surface area is 241 Å². The molecule has 1 aliphatic heterocycles. The molecule has 4 aromatic rings. The lowest BCUT2D eigenvalue weighted by Crippen LogP contribution is -2.30. The van der Waals surface area contributed by atoms with Crippen LogP contribution in [0.25, 0.3) is 23.0 Å². The first-order valence-electron chi connectivity index (χ1n) is 12.7. The van der Waals surface area contributed by atoms with Gasteiger partial charge in [-0.3, -0.25) is 14.9 Å². The number of benzene rings is 2. The molecule has 0 saturated carbocycles. The van der Waals surface area contributed by atoms with E-state index in [9.17, 15) is 23.2 Å². The van der Waals surface area contributed by atoms with Crippen molar-refractivity contribution in [2.24, 2.45) is 0 Å². The molecule has 12 nitrogen and oxygen atoms in total. The second kappa shape index (κ2) is 11.9. The van der Waals surface area contributed by atoms with Gasteiger partial charge in [0.15, 0.2) is 0 Å². The summed E-state index contributed by atoms with van der Waals surface area (Å²) in [5.41, 5.74) is 1.04. The van der Waals surface area contributed by atoms with Gasteiger partial charge in [0.05, 0.1) is 17.4 Å². The molecule has 216 valence electrons. The van der Waals surface area contributed by atoms with E-state index in [0.717, 1.165) is 6.07 Å². The van der Waals surface area contributed by atoms with Crippen molar-refractivity contribution >= 4 is 41.1 Å². The number of hydrogen-bond donors (Lipinski definition) is 4. The third-order valence-electron chi connectivity index (χ3n) is 6.60. The molecule has 2 aromatic heterocycles. The molecule has 0 fully saturated rings. The highest BCUT2D eigenvalue weighted by Gasteiger charge is 2.40. The minimum atomic E-state index is -3.69. The van der Waals surface area contributed by atoms with Gasteiger partial charge in [-0.25, -0.2) is 9.78 Å². The van der Waals surface area contributed by atoms with Crippen LogP contribution in [0.3, 0.4) is 0 Å². The summed E-state index contributed by atoms with van der Waals surface area (Å²) in [6, 6.07) is 8.12. The number of Topliss-reactive ketones (excluding diaryl/α,β-unsaturated/α-hetero) is 1. The maximum atomic E-state index is 15.0. The van der Waals surface area contributed by atoms with E-state index >= 15 is 0 Å². The van der Waals surface area contributed by atoms with Gasteiger partial charge in [0.1, 0.15) is 12.2 Å². The molecule has 1 unspecified atom stereocenters. The molecule has 0 aliphatic carbocycles. The van der Waals surface area contributed by atoms with Crippen molar-refractivity contribution in [3.8, 4) is 16.9 Å². The average Bonchev–Trinajstić information content (AvgIpc) is 3.65. The number of carbonyl (C=O) groups is 3. The predicted molar refractivity (Wildman–Crippen MR) is 147 cm³/mol. The number of tetrazole rings is 1. The number of alkyl halides is 2. The third-order valence-corrected chi connectivity index (χ3v) is 6.84. The number of carbonyl (C=O) groups excluding carboxylic acids is 2. The fourth-order valence-corrected chi connectivity index (χ4v) is 4.80. The van der Waals surface area contributed by atoms with E-state index in [1.54, 1.807) is 24.3 Å². The first kappa shape index (κ1) is 28.5. The van der Waals surface area contributed by atoms with Crippen molar-refractivity contribution in [1.82, 2.24) is 35.5 Å². The van der Waals surface area contributed by atoms with E-state index in [-0.39, 0.29) is 41.8 Å². The smallest absolute Gasteiger partial charge is 0.409 e. The first-order chi connectivity index (χ1) is 20.1. The van der Waals surface area contributed by atoms with Gasteiger partial charge in [0.2, 0.25) is 11.7 Å². The largest absolute Gasteiger partial charge is 0.465 e. The van der Waals surface area contributed by atoms with Gasteiger partial charge in [-0.2, -0.15) is 13.5 Å². The number of amides is 2. The van der Waals surface area contributed by atoms with E-state index in [1.165, 1.54) is 35.4 Å². The number of H-pyrrole nitrogens is 1. The van der Waals surface area contributed by atoms with E-state index in [0.29, 0.717) is 22.1 Å². The molecule has 42 heavy (non-hydrogen) atoms. The molecule has 4 N–H and O–H groups in total. The van der Waals surface area contributed by atoms with Crippen LogP contribution >= 0.6 is 11.6 Å². The molecule has 2 amide bonds. The molecule has 0 spiro atoms. The topological polar surface area (TPSA) is 168 Å². The maximum Gasteiger partial charge on any atom is 0.409 e. The minimum absolute atomic E-state index is 0.00523. The average molecular weight is 597 g/mol. The first-order valence-corrected chi connectivity index (χ1v) is 13.1. The van der Waals surface area contributed by atoms with Crippen molar-refractivity contribution in [3.63, 3.8) is 0 Å². The zero-order valence-corrected chi connectivity index (χ0v) is 22.5. The second-order valence-corrected chi connectivity index (χ2v) is 9.93. The molecular weight excluding hydrogens is 574 g/mol. The molecule has 0 radical (unpaired) electrons. The number of hydrogen-bond acceptors (Lipinski definition) is 7. The fraction of sp³-hybridized carbons (Fsp3) is 0.222. The molecule has 0 saturated heterocycles. The lowest BCUT2D eigenvalue weighted by atomic mass is 9.94. The molecular formula is C27H23ClF2N8O4. The minimum Gasteiger partial charge on any atom is -0.465 e. The molecule has 3 heterocycles. The van der Waals surface area contributed by atoms with Crippen LogP contribution in [0.5, 0.6) is 0 Å². The maximum absolute atomic E-state index is 15.0. The Morgan fingerprint density at radius 2 is 2.00 bits per heavy atom. The van der Waals surface area contributed by atoms with Crippen LogP contribution in [-0.2, 0) is 4.79 Å². The van der Waals surface area contributed by atoms with Crippen LogP contribution in [0.2, 0.25) is 5.02 Å². The van der Waals surface area contributed by atoms with Crippen LogP contribution < -0.4 is 10.6 Å². The van der Waals surface area contributed by atoms with Crippen molar-refractivity contribution in [1.29, 1.82) is 0 Å². The Morgan fingerprint density at radius 3 is 2.76 bits per heavy atom. The van der Waals surface area contributed by atoms with Gasteiger partial charge in [-0.05, 0) is 65.7 Å². The number of carboxylic acid groups (broad SMARTS) is 1. The highest BCUT2D eigenvalue weighted by Crippen LogP contribution is 2.35. The van der Waals surface area contributed by atoms with Crippen molar-refractivity contribution in [2.45, 2.75) is 37.6 Å². The number of fused-ring (bicyclic) bond motifs is 4. The quantitative estimate of drug-likeness (QED) is 0.232. The molecule has 15 heteroatoms. The molecule has 1 atom stereocenters. The number of imidazole rings is 1. The van der Waals surface area contributed by atoms with Crippen molar-refractivity contribution in [3.05, 3.63) is 77.0 Å². The van der Waals surface area contributed by atoms with Crippen LogP contribution in [-0.4, -0.2) is 59.0 Å². The van der Waals surface area contributed by atoms with Gasteiger partial charge in [-0.15, -0.1) is 5.10 Å². The van der Waals surface area contributed by atoms with Gasteiger partial charge >= 0.3 is 12.0 Å². The van der Waals surface area contributed by atoms with Crippen LogP contribution in [0, 0.1) is 0 Å². The number of aromatic nitrogens is 6. The van der Waals surface area contributed by atoms with Gasteiger partial charge < -0.3 is 15.4 Å². The Bertz CT molecular complexity index is 1670. The lowest BCUT2D eigenvalue weighted by Gasteiger charge is -2.20.